The third-order valence-corrected chi connectivity index (χ3v) is 7.20. The monoisotopic (exact) mass is 511 g/mol. The van der Waals surface area contributed by atoms with E-state index < -0.39 is 0 Å². The number of aryl methyl sites for hydroxylation is 1. The first-order valence-corrected chi connectivity index (χ1v) is 13.1. The standard InChI is InChI=1S/C37H25N3/c1-26-11-18-30(19-12-26)40(29-7-3-2-4-8-29)31-20-15-27(16-21-31)13-14-28-17-22-34-35(23-28)37(25-39)33-10-6-5-9-32(33)36(34)24-38/h2-23H,1H3/b14-13-. The Labute approximate surface area is 234 Å². The van der Waals surface area contributed by atoms with Crippen molar-refractivity contribution in [2.24, 2.45) is 0 Å². The lowest BCUT2D eigenvalue weighted by molar-refractivity contribution is 1.27. The highest BCUT2D eigenvalue weighted by molar-refractivity contribution is 6.09. The van der Waals surface area contributed by atoms with E-state index in [0.29, 0.717) is 11.1 Å². The molecular weight excluding hydrogens is 486 g/mol. The summed E-state index contributed by atoms with van der Waals surface area (Å²) >= 11 is 0. The molecular formula is C37H25N3. The van der Waals surface area contributed by atoms with Crippen LogP contribution in [0.15, 0.2) is 121 Å². The zero-order chi connectivity index (χ0) is 27.5. The Morgan fingerprint density at radius 1 is 0.500 bits per heavy atom. The van der Waals surface area contributed by atoms with Gasteiger partial charge in [-0.05, 0) is 60.5 Å². The maximum absolute atomic E-state index is 9.99. The molecule has 0 N–H and O–H groups in total. The van der Waals surface area contributed by atoms with Gasteiger partial charge in [0, 0.05) is 38.6 Å². The molecule has 0 aromatic heterocycles. The topological polar surface area (TPSA) is 50.8 Å². The van der Waals surface area contributed by atoms with E-state index in [9.17, 15) is 10.5 Å². The Kier molecular flexibility index (Phi) is 6.55. The Bertz CT molecular complexity index is 1950. The van der Waals surface area contributed by atoms with Crippen LogP contribution in [0.2, 0.25) is 0 Å². The van der Waals surface area contributed by atoms with E-state index in [1.54, 1.807) is 0 Å². The molecule has 0 saturated carbocycles. The maximum atomic E-state index is 9.99. The average Bonchev–Trinajstić information content (AvgIpc) is 3.01. The molecule has 0 spiro atoms. The zero-order valence-corrected chi connectivity index (χ0v) is 22.0. The summed E-state index contributed by atoms with van der Waals surface area (Å²) in [6, 6.07) is 45.7. The molecule has 6 aromatic rings. The lowest BCUT2D eigenvalue weighted by Gasteiger charge is -2.25. The largest absolute Gasteiger partial charge is 0.311 e. The van der Waals surface area contributed by atoms with Gasteiger partial charge in [-0.25, -0.2) is 0 Å². The molecule has 188 valence electrons. The Balaban J connectivity index is 1.35. The summed E-state index contributed by atoms with van der Waals surface area (Å²) in [5.41, 5.74) is 7.75. The second kappa shape index (κ2) is 10.6. The highest BCUT2D eigenvalue weighted by Gasteiger charge is 2.14. The third-order valence-electron chi connectivity index (χ3n) is 7.20. The lowest BCUT2D eigenvalue weighted by atomic mass is 9.91. The van der Waals surface area contributed by atoms with Crippen molar-refractivity contribution in [1.29, 1.82) is 10.5 Å². The number of fused-ring (bicyclic) bond motifs is 2. The fourth-order valence-corrected chi connectivity index (χ4v) is 5.19. The summed E-state index contributed by atoms with van der Waals surface area (Å²) in [5.74, 6) is 0. The molecule has 6 rings (SSSR count). The van der Waals surface area contributed by atoms with Crippen molar-refractivity contribution in [3.8, 4) is 12.1 Å². The molecule has 0 aliphatic carbocycles. The van der Waals surface area contributed by atoms with Crippen LogP contribution in [0.1, 0.15) is 27.8 Å². The van der Waals surface area contributed by atoms with Gasteiger partial charge in [-0.15, -0.1) is 0 Å². The first-order valence-electron chi connectivity index (χ1n) is 13.1. The average molecular weight is 512 g/mol. The third kappa shape index (κ3) is 4.58. The molecule has 0 fully saturated rings. The number of nitriles is 2. The highest BCUT2D eigenvalue weighted by atomic mass is 15.1. The summed E-state index contributed by atoms with van der Waals surface area (Å²) in [7, 11) is 0. The summed E-state index contributed by atoms with van der Waals surface area (Å²) in [5, 5.41) is 23.1. The first-order chi connectivity index (χ1) is 19.7. The summed E-state index contributed by atoms with van der Waals surface area (Å²) in [6.45, 7) is 2.10. The van der Waals surface area contributed by atoms with Crippen LogP contribution in [-0.2, 0) is 0 Å². The van der Waals surface area contributed by atoms with Gasteiger partial charge in [0.25, 0.3) is 0 Å². The zero-order valence-electron chi connectivity index (χ0n) is 22.0. The molecule has 0 aliphatic rings. The molecule has 0 unspecified atom stereocenters. The molecule has 40 heavy (non-hydrogen) atoms. The van der Waals surface area contributed by atoms with Crippen molar-refractivity contribution in [3.63, 3.8) is 0 Å². The minimum Gasteiger partial charge on any atom is -0.311 e. The predicted octanol–water partition coefficient (Wildman–Crippen LogP) is 9.68. The fourth-order valence-electron chi connectivity index (χ4n) is 5.19. The first kappa shape index (κ1) is 24.7. The normalized spacial score (nSPS) is 11.0. The van der Waals surface area contributed by atoms with Crippen LogP contribution in [0, 0.1) is 29.6 Å². The van der Waals surface area contributed by atoms with E-state index in [0.717, 1.165) is 49.7 Å². The van der Waals surface area contributed by atoms with Crippen LogP contribution in [0.3, 0.4) is 0 Å². The number of para-hydroxylation sites is 1. The summed E-state index contributed by atoms with van der Waals surface area (Å²) in [6.07, 6.45) is 4.12. The van der Waals surface area contributed by atoms with Gasteiger partial charge in [0.15, 0.2) is 0 Å². The Morgan fingerprint density at radius 3 is 1.60 bits per heavy atom. The number of hydrogen-bond donors (Lipinski definition) is 0. The quantitative estimate of drug-likeness (QED) is 0.171. The number of nitrogens with zero attached hydrogens (tertiary/aromatic N) is 3. The van der Waals surface area contributed by atoms with Gasteiger partial charge >= 0.3 is 0 Å². The van der Waals surface area contributed by atoms with E-state index >= 15 is 0 Å². The Morgan fingerprint density at radius 2 is 0.975 bits per heavy atom. The van der Waals surface area contributed by atoms with E-state index in [-0.39, 0.29) is 0 Å². The molecule has 3 heteroatoms. The van der Waals surface area contributed by atoms with Crippen LogP contribution >= 0.6 is 0 Å². The smallest absolute Gasteiger partial charge is 0.100 e. The molecule has 0 atom stereocenters. The lowest BCUT2D eigenvalue weighted by Crippen LogP contribution is -2.09. The van der Waals surface area contributed by atoms with Gasteiger partial charge < -0.3 is 4.90 Å². The van der Waals surface area contributed by atoms with Crippen molar-refractivity contribution in [1.82, 2.24) is 0 Å². The van der Waals surface area contributed by atoms with E-state index in [1.165, 1.54) is 5.56 Å². The minimum atomic E-state index is 0.598. The van der Waals surface area contributed by atoms with Gasteiger partial charge in [0.2, 0.25) is 0 Å². The van der Waals surface area contributed by atoms with Gasteiger partial charge in [-0.2, -0.15) is 10.5 Å². The van der Waals surface area contributed by atoms with Crippen molar-refractivity contribution in [2.75, 3.05) is 4.90 Å². The number of hydrogen-bond acceptors (Lipinski definition) is 3. The van der Waals surface area contributed by atoms with Gasteiger partial charge in [-0.3, -0.25) is 0 Å². The molecule has 0 bridgehead atoms. The van der Waals surface area contributed by atoms with Crippen molar-refractivity contribution in [3.05, 3.63) is 149 Å². The van der Waals surface area contributed by atoms with Crippen LogP contribution in [0.4, 0.5) is 17.1 Å². The van der Waals surface area contributed by atoms with E-state index in [2.05, 4.69) is 103 Å². The van der Waals surface area contributed by atoms with Crippen molar-refractivity contribution < 1.29 is 0 Å². The SMILES string of the molecule is Cc1ccc(N(c2ccccc2)c2ccc(/C=C\c3ccc4c(C#N)c5ccccc5c(C#N)c4c3)cc2)cc1. The second-order valence-corrected chi connectivity index (χ2v) is 9.76. The van der Waals surface area contributed by atoms with Crippen molar-refractivity contribution in [2.45, 2.75) is 6.92 Å². The molecule has 0 heterocycles. The minimum absolute atomic E-state index is 0.598. The molecule has 0 saturated heterocycles. The van der Waals surface area contributed by atoms with E-state index in [1.807, 2.05) is 54.6 Å². The van der Waals surface area contributed by atoms with E-state index in [4.69, 9.17) is 0 Å². The van der Waals surface area contributed by atoms with Crippen LogP contribution in [0.25, 0.3) is 33.7 Å². The van der Waals surface area contributed by atoms with Crippen LogP contribution < -0.4 is 4.90 Å². The van der Waals surface area contributed by atoms with Gasteiger partial charge in [0.1, 0.15) is 12.1 Å². The maximum Gasteiger partial charge on any atom is 0.100 e. The molecule has 6 aromatic carbocycles. The molecule has 0 amide bonds. The predicted molar refractivity (Wildman–Crippen MR) is 166 cm³/mol. The molecule has 0 radical (unpaired) electrons. The molecule has 3 nitrogen and oxygen atoms in total. The molecule has 0 aliphatic heterocycles. The van der Waals surface area contributed by atoms with Crippen LogP contribution in [-0.4, -0.2) is 0 Å². The van der Waals surface area contributed by atoms with Crippen LogP contribution in [0.5, 0.6) is 0 Å². The number of benzene rings is 6. The summed E-state index contributed by atoms with van der Waals surface area (Å²) in [4.78, 5) is 2.25. The van der Waals surface area contributed by atoms with Gasteiger partial charge in [-0.1, -0.05) is 96.6 Å². The Hall–Kier alpha value is -5.64. The second-order valence-electron chi connectivity index (χ2n) is 9.76. The summed E-state index contributed by atoms with van der Waals surface area (Å²) < 4.78 is 0. The van der Waals surface area contributed by atoms with Crippen molar-refractivity contribution >= 4 is 50.8 Å². The number of rotatable bonds is 5. The fraction of sp³-hybridized carbons (Fsp3) is 0.0270. The number of anilines is 3. The van der Waals surface area contributed by atoms with Gasteiger partial charge in [0.05, 0.1) is 11.1 Å². The highest BCUT2D eigenvalue weighted by Crippen LogP contribution is 2.35.